The Kier molecular flexibility index (Phi) is 6.04. The highest BCUT2D eigenvalue weighted by molar-refractivity contribution is 7.14. The van der Waals surface area contributed by atoms with E-state index in [1.54, 1.807) is 13.3 Å². The molecular weight excluding hydrogens is 410 g/mol. The lowest BCUT2D eigenvalue weighted by Crippen LogP contribution is -2.10. The van der Waals surface area contributed by atoms with Crippen LogP contribution in [0.3, 0.4) is 0 Å². The van der Waals surface area contributed by atoms with E-state index in [4.69, 9.17) is 9.47 Å². The zero-order valence-corrected chi connectivity index (χ0v) is 18.4. The van der Waals surface area contributed by atoms with Crippen molar-refractivity contribution in [1.29, 1.82) is 0 Å². The maximum atomic E-state index is 12.8. The van der Waals surface area contributed by atoms with Crippen LogP contribution in [0, 0.1) is 6.92 Å². The number of benzene rings is 2. The highest BCUT2D eigenvalue weighted by Crippen LogP contribution is 2.32. The summed E-state index contributed by atoms with van der Waals surface area (Å²) in [5, 5.41) is 2.95. The Balaban J connectivity index is 1.40. The van der Waals surface area contributed by atoms with Crippen LogP contribution in [-0.4, -0.2) is 22.6 Å². The number of thiophene rings is 1. The third-order valence-electron chi connectivity index (χ3n) is 4.94. The molecule has 2 heterocycles. The second-order valence-corrected chi connectivity index (χ2v) is 8.29. The molecular formula is C24H23N3O3S. The number of aromatic nitrogens is 2. The molecule has 0 bridgehead atoms. The molecule has 4 aromatic rings. The molecule has 0 aliphatic rings. The van der Waals surface area contributed by atoms with Crippen molar-refractivity contribution in [2.75, 3.05) is 12.4 Å². The van der Waals surface area contributed by atoms with E-state index in [-0.39, 0.29) is 5.91 Å². The molecule has 0 saturated heterocycles. The molecule has 0 spiro atoms. The van der Waals surface area contributed by atoms with Crippen molar-refractivity contribution in [2.45, 2.75) is 13.5 Å². The van der Waals surface area contributed by atoms with Gasteiger partial charge in [-0.2, -0.15) is 0 Å². The third-order valence-corrected chi connectivity index (χ3v) is 5.99. The van der Waals surface area contributed by atoms with Crippen LogP contribution < -0.4 is 14.8 Å². The summed E-state index contributed by atoms with van der Waals surface area (Å²) in [4.78, 5) is 18.7. The van der Waals surface area contributed by atoms with Gasteiger partial charge in [-0.25, -0.2) is 4.98 Å². The molecule has 7 heteroatoms. The lowest BCUT2D eigenvalue weighted by atomic mass is 10.1. The van der Waals surface area contributed by atoms with Crippen molar-refractivity contribution in [3.8, 4) is 22.6 Å². The Hall–Kier alpha value is -3.58. The highest BCUT2D eigenvalue weighted by Gasteiger charge is 2.14. The summed E-state index contributed by atoms with van der Waals surface area (Å²) >= 11 is 1.48. The summed E-state index contributed by atoms with van der Waals surface area (Å²) in [5.41, 5.74) is 2.82. The zero-order valence-electron chi connectivity index (χ0n) is 17.6. The Bertz CT molecular complexity index is 1180. The number of nitrogens with one attached hydrogen (secondary N) is 1. The van der Waals surface area contributed by atoms with E-state index in [2.05, 4.69) is 10.3 Å². The maximum Gasteiger partial charge on any atom is 0.265 e. The number of nitrogens with zero attached hydrogens (tertiary/aromatic N) is 2. The van der Waals surface area contributed by atoms with E-state index >= 15 is 0 Å². The molecule has 0 atom stereocenters. The summed E-state index contributed by atoms with van der Waals surface area (Å²) in [6.45, 7) is 2.41. The van der Waals surface area contributed by atoms with Crippen molar-refractivity contribution in [3.63, 3.8) is 0 Å². The largest absolute Gasteiger partial charge is 0.497 e. The molecule has 0 aliphatic heterocycles. The normalized spacial score (nSPS) is 10.7. The molecule has 1 amide bonds. The molecule has 6 nitrogen and oxygen atoms in total. The molecule has 2 aromatic heterocycles. The van der Waals surface area contributed by atoms with Crippen molar-refractivity contribution in [3.05, 3.63) is 82.6 Å². The smallest absolute Gasteiger partial charge is 0.265 e. The first-order valence-corrected chi connectivity index (χ1v) is 10.6. The summed E-state index contributed by atoms with van der Waals surface area (Å²) in [5.74, 6) is 2.24. The number of imidazole rings is 1. The fraction of sp³-hybridized carbons (Fsp3) is 0.167. The number of hydrogen-bond acceptors (Lipinski definition) is 5. The average Bonchev–Trinajstić information content (AvgIpc) is 3.38. The quantitative estimate of drug-likeness (QED) is 0.430. The molecule has 31 heavy (non-hydrogen) atoms. The monoisotopic (exact) mass is 433 g/mol. The third kappa shape index (κ3) is 4.78. The van der Waals surface area contributed by atoms with Gasteiger partial charge in [0.05, 0.1) is 12.0 Å². The standard InChI is InChI=1S/C24H23N3O3S/c1-16-21(17-4-8-19(29-3)9-5-17)14-22(31-16)24(28)26-18-6-10-20(11-7-18)30-15-23-25-12-13-27(23)2/h4-14H,15H2,1-3H3,(H,26,28). The number of methoxy groups -OCH3 is 1. The number of rotatable bonds is 7. The number of anilines is 1. The Labute approximate surface area is 185 Å². The van der Waals surface area contributed by atoms with Gasteiger partial charge in [0.2, 0.25) is 0 Å². The van der Waals surface area contributed by atoms with Crippen molar-refractivity contribution in [2.24, 2.45) is 7.05 Å². The molecule has 2 aromatic carbocycles. The van der Waals surface area contributed by atoms with Gasteiger partial charge in [0.1, 0.15) is 23.9 Å². The number of amides is 1. The van der Waals surface area contributed by atoms with Crippen molar-refractivity contribution in [1.82, 2.24) is 9.55 Å². The first kappa shape index (κ1) is 20.7. The van der Waals surface area contributed by atoms with Crippen LogP contribution in [-0.2, 0) is 13.7 Å². The number of ether oxygens (including phenoxy) is 2. The van der Waals surface area contributed by atoms with Gasteiger partial charge in [-0.05, 0) is 60.5 Å². The zero-order chi connectivity index (χ0) is 21.8. The van der Waals surface area contributed by atoms with E-state index in [1.165, 1.54) is 11.3 Å². The average molecular weight is 434 g/mol. The van der Waals surface area contributed by atoms with Gasteiger partial charge in [-0.3, -0.25) is 4.79 Å². The van der Waals surface area contributed by atoms with Gasteiger partial charge in [0, 0.05) is 30.0 Å². The molecule has 0 unspecified atom stereocenters. The lowest BCUT2D eigenvalue weighted by Gasteiger charge is -2.08. The van der Waals surface area contributed by atoms with Crippen LogP contribution in [0.15, 0.2) is 67.0 Å². The summed E-state index contributed by atoms with van der Waals surface area (Å²) in [6.07, 6.45) is 3.62. The number of aryl methyl sites for hydroxylation is 2. The second-order valence-electron chi connectivity index (χ2n) is 7.03. The molecule has 1 N–H and O–H groups in total. The van der Waals surface area contributed by atoms with Gasteiger partial charge < -0.3 is 19.4 Å². The van der Waals surface area contributed by atoms with E-state index in [0.29, 0.717) is 17.2 Å². The minimum Gasteiger partial charge on any atom is -0.497 e. The Morgan fingerprint density at radius 2 is 1.81 bits per heavy atom. The van der Waals surface area contributed by atoms with Crippen LogP contribution in [0.4, 0.5) is 5.69 Å². The van der Waals surface area contributed by atoms with Crippen molar-refractivity contribution >= 4 is 22.9 Å². The molecule has 0 aliphatic carbocycles. The minimum atomic E-state index is -0.130. The summed E-state index contributed by atoms with van der Waals surface area (Å²) in [7, 11) is 3.57. The van der Waals surface area contributed by atoms with E-state index < -0.39 is 0 Å². The van der Waals surface area contributed by atoms with Crippen LogP contribution in [0.1, 0.15) is 20.4 Å². The van der Waals surface area contributed by atoms with Crippen LogP contribution >= 0.6 is 11.3 Å². The van der Waals surface area contributed by atoms with Crippen LogP contribution in [0.25, 0.3) is 11.1 Å². The number of carbonyl (C=O) groups is 1. The SMILES string of the molecule is COc1ccc(-c2cc(C(=O)Nc3ccc(OCc4nccn4C)cc3)sc2C)cc1. The highest BCUT2D eigenvalue weighted by atomic mass is 32.1. The summed E-state index contributed by atoms with van der Waals surface area (Å²) in [6, 6.07) is 17.1. The van der Waals surface area contributed by atoms with Gasteiger partial charge in [0.15, 0.2) is 0 Å². The van der Waals surface area contributed by atoms with Gasteiger partial charge in [-0.15, -0.1) is 11.3 Å². The van der Waals surface area contributed by atoms with E-state index in [1.807, 2.05) is 79.3 Å². The van der Waals surface area contributed by atoms with Crippen LogP contribution in [0.5, 0.6) is 11.5 Å². The first-order chi connectivity index (χ1) is 15.0. The van der Waals surface area contributed by atoms with Gasteiger partial charge >= 0.3 is 0 Å². The Morgan fingerprint density at radius 3 is 2.45 bits per heavy atom. The van der Waals surface area contributed by atoms with E-state index in [9.17, 15) is 4.79 Å². The maximum absolute atomic E-state index is 12.8. The van der Waals surface area contributed by atoms with Crippen LogP contribution in [0.2, 0.25) is 0 Å². The molecule has 0 fully saturated rings. The lowest BCUT2D eigenvalue weighted by molar-refractivity contribution is 0.103. The molecule has 4 rings (SSSR count). The fourth-order valence-electron chi connectivity index (χ4n) is 3.16. The van der Waals surface area contributed by atoms with Gasteiger partial charge in [-0.1, -0.05) is 12.1 Å². The minimum absolute atomic E-state index is 0.130. The topological polar surface area (TPSA) is 65.4 Å². The molecule has 158 valence electrons. The predicted octanol–water partition coefficient (Wildman–Crippen LogP) is 5.30. The molecule has 0 saturated carbocycles. The van der Waals surface area contributed by atoms with E-state index in [0.717, 1.165) is 33.3 Å². The van der Waals surface area contributed by atoms with Gasteiger partial charge in [0.25, 0.3) is 5.91 Å². The second kappa shape index (κ2) is 9.06. The molecule has 0 radical (unpaired) electrons. The fourth-order valence-corrected chi connectivity index (χ4v) is 4.10. The number of carbonyl (C=O) groups excluding carboxylic acids is 1. The summed E-state index contributed by atoms with van der Waals surface area (Å²) < 4.78 is 12.9. The number of hydrogen-bond donors (Lipinski definition) is 1. The first-order valence-electron chi connectivity index (χ1n) is 9.79. The predicted molar refractivity (Wildman–Crippen MR) is 123 cm³/mol. The Morgan fingerprint density at radius 1 is 1.10 bits per heavy atom. The van der Waals surface area contributed by atoms with Crippen molar-refractivity contribution < 1.29 is 14.3 Å².